The van der Waals surface area contributed by atoms with E-state index in [1.807, 2.05) is 57.2 Å². The molecule has 2 aromatic carbocycles. The van der Waals surface area contributed by atoms with E-state index in [9.17, 15) is 9.59 Å². The summed E-state index contributed by atoms with van der Waals surface area (Å²) in [6, 6.07) is 20.6. The summed E-state index contributed by atoms with van der Waals surface area (Å²) in [5.74, 6) is -0.621. The van der Waals surface area contributed by atoms with Crippen LogP contribution >= 0.6 is 0 Å². The molecule has 0 saturated heterocycles. The van der Waals surface area contributed by atoms with Gasteiger partial charge in [-0.05, 0) is 57.6 Å². The number of esters is 1. The van der Waals surface area contributed by atoms with Crippen LogP contribution in [0.3, 0.4) is 0 Å². The number of carbonyl (C=O) groups excluding carboxylic acids is 2. The highest BCUT2D eigenvalue weighted by molar-refractivity contribution is 5.73. The van der Waals surface area contributed by atoms with Crippen LogP contribution in [-0.4, -0.2) is 35.1 Å². The molecule has 0 aromatic heterocycles. The van der Waals surface area contributed by atoms with E-state index >= 15 is 0 Å². The molecular weight excluding hydrogens is 414 g/mol. The Labute approximate surface area is 198 Å². The van der Waals surface area contributed by atoms with Crippen molar-refractivity contribution >= 4 is 12.4 Å². The molecule has 0 N–H and O–H groups in total. The Hall–Kier alpha value is -2.66. The molecule has 1 atom stereocenters. The van der Waals surface area contributed by atoms with Crippen LogP contribution in [0, 0.1) is 5.92 Å². The Kier molecular flexibility index (Phi) is 8.67. The van der Waals surface area contributed by atoms with Crippen LogP contribution in [0.2, 0.25) is 0 Å². The lowest BCUT2D eigenvalue weighted by Gasteiger charge is -2.34. The number of nitrogens with zero attached hydrogens (tertiary/aromatic N) is 1. The fourth-order valence-corrected chi connectivity index (χ4v) is 4.73. The largest absolute Gasteiger partial charge is 0.461 e. The fraction of sp³-hybridized carbons (Fsp3) is 0.500. The molecule has 0 bridgehead atoms. The molecule has 5 heteroatoms. The zero-order valence-corrected chi connectivity index (χ0v) is 20.2. The van der Waals surface area contributed by atoms with E-state index in [0.717, 1.165) is 38.8 Å². The van der Waals surface area contributed by atoms with Crippen molar-refractivity contribution in [3.8, 4) is 0 Å². The maximum Gasteiger partial charge on any atom is 0.310 e. The topological polar surface area (TPSA) is 55.8 Å². The van der Waals surface area contributed by atoms with Gasteiger partial charge in [-0.15, -0.1) is 0 Å². The van der Waals surface area contributed by atoms with E-state index in [4.69, 9.17) is 9.47 Å². The second kappa shape index (κ2) is 11.5. The van der Waals surface area contributed by atoms with Crippen LogP contribution < -0.4 is 0 Å². The third-order valence-electron chi connectivity index (χ3n) is 6.15. The SMILES string of the molecule is CC(C)(C)OC(=O)[C@H](CN(Cc1ccccc1)Cc1ccccc1)CC1(OC=O)CCCC1. The number of hydrogen-bond acceptors (Lipinski definition) is 5. The summed E-state index contributed by atoms with van der Waals surface area (Å²) >= 11 is 0. The van der Waals surface area contributed by atoms with Gasteiger partial charge < -0.3 is 9.47 Å². The van der Waals surface area contributed by atoms with Gasteiger partial charge in [0.05, 0.1) is 5.92 Å². The van der Waals surface area contributed by atoms with Crippen LogP contribution in [0.5, 0.6) is 0 Å². The van der Waals surface area contributed by atoms with Crippen molar-refractivity contribution < 1.29 is 19.1 Å². The Morgan fingerprint density at radius 1 is 0.970 bits per heavy atom. The van der Waals surface area contributed by atoms with Crippen molar-refractivity contribution in [2.75, 3.05) is 6.54 Å². The normalized spacial score (nSPS) is 16.4. The van der Waals surface area contributed by atoms with E-state index < -0.39 is 17.1 Å². The van der Waals surface area contributed by atoms with Crippen LogP contribution in [-0.2, 0) is 32.2 Å². The number of carbonyl (C=O) groups is 2. The molecule has 178 valence electrons. The second-order valence-corrected chi connectivity index (χ2v) is 10.2. The molecule has 0 amide bonds. The predicted molar refractivity (Wildman–Crippen MR) is 129 cm³/mol. The van der Waals surface area contributed by atoms with Crippen molar-refractivity contribution in [2.45, 2.75) is 77.2 Å². The van der Waals surface area contributed by atoms with Gasteiger partial charge in [0.15, 0.2) is 0 Å². The summed E-state index contributed by atoms with van der Waals surface area (Å²) in [6.07, 6.45) is 4.09. The van der Waals surface area contributed by atoms with E-state index in [2.05, 4.69) is 29.2 Å². The van der Waals surface area contributed by atoms with Gasteiger partial charge in [-0.2, -0.15) is 0 Å². The molecule has 0 radical (unpaired) electrons. The monoisotopic (exact) mass is 451 g/mol. The van der Waals surface area contributed by atoms with Gasteiger partial charge in [-0.3, -0.25) is 14.5 Å². The van der Waals surface area contributed by atoms with Crippen molar-refractivity contribution in [1.82, 2.24) is 4.90 Å². The number of hydrogen-bond donors (Lipinski definition) is 0. The predicted octanol–water partition coefficient (Wildman–Crippen LogP) is 5.52. The highest BCUT2D eigenvalue weighted by atomic mass is 16.6. The van der Waals surface area contributed by atoms with Crippen LogP contribution in [0.4, 0.5) is 0 Å². The molecule has 0 unspecified atom stereocenters. The average Bonchev–Trinajstić information content (AvgIpc) is 3.22. The highest BCUT2D eigenvalue weighted by Gasteiger charge is 2.41. The molecule has 1 aliphatic carbocycles. The van der Waals surface area contributed by atoms with Gasteiger partial charge in [0, 0.05) is 26.1 Å². The summed E-state index contributed by atoms with van der Waals surface area (Å²) in [7, 11) is 0. The van der Waals surface area contributed by atoms with Gasteiger partial charge >= 0.3 is 5.97 Å². The average molecular weight is 452 g/mol. The zero-order valence-electron chi connectivity index (χ0n) is 20.2. The molecule has 5 nitrogen and oxygen atoms in total. The molecule has 3 rings (SSSR count). The molecule has 33 heavy (non-hydrogen) atoms. The first kappa shape index (κ1) is 25.0. The molecule has 1 fully saturated rings. The van der Waals surface area contributed by atoms with Gasteiger partial charge in [-0.25, -0.2) is 0 Å². The van der Waals surface area contributed by atoms with Gasteiger partial charge in [0.25, 0.3) is 6.47 Å². The van der Waals surface area contributed by atoms with Gasteiger partial charge in [-0.1, -0.05) is 60.7 Å². The van der Waals surface area contributed by atoms with Crippen LogP contribution in [0.1, 0.15) is 64.0 Å². The first-order valence-corrected chi connectivity index (χ1v) is 11.9. The first-order chi connectivity index (χ1) is 15.8. The maximum absolute atomic E-state index is 13.3. The Balaban J connectivity index is 1.85. The molecule has 1 aliphatic rings. The Morgan fingerprint density at radius 2 is 1.48 bits per heavy atom. The molecule has 1 saturated carbocycles. The number of ether oxygens (including phenoxy) is 2. The van der Waals surface area contributed by atoms with Crippen molar-refractivity contribution in [2.24, 2.45) is 5.92 Å². The van der Waals surface area contributed by atoms with Crippen LogP contribution in [0.15, 0.2) is 60.7 Å². The smallest absolute Gasteiger partial charge is 0.310 e. The summed E-state index contributed by atoms with van der Waals surface area (Å²) in [6.45, 7) is 8.18. The number of rotatable bonds is 11. The van der Waals surface area contributed by atoms with E-state index in [0.29, 0.717) is 19.4 Å². The third-order valence-corrected chi connectivity index (χ3v) is 6.15. The summed E-state index contributed by atoms with van der Waals surface area (Å²) in [4.78, 5) is 26.9. The van der Waals surface area contributed by atoms with E-state index in [1.165, 1.54) is 11.1 Å². The molecule has 2 aromatic rings. The standard InChI is InChI=1S/C28H37NO4/c1-27(2,3)33-26(31)25(18-28(32-22-30)16-10-11-17-28)21-29(19-23-12-6-4-7-13-23)20-24-14-8-5-9-15-24/h4-9,12-15,22,25H,10-11,16-21H2,1-3H3/t25-/m0/s1. The number of benzene rings is 2. The van der Waals surface area contributed by atoms with E-state index in [-0.39, 0.29) is 5.97 Å². The summed E-state index contributed by atoms with van der Waals surface area (Å²) < 4.78 is 11.4. The van der Waals surface area contributed by atoms with Gasteiger partial charge in [0.2, 0.25) is 0 Å². The van der Waals surface area contributed by atoms with Gasteiger partial charge in [0.1, 0.15) is 11.2 Å². The minimum atomic E-state index is -0.576. The molecule has 0 heterocycles. The second-order valence-electron chi connectivity index (χ2n) is 10.2. The minimum absolute atomic E-state index is 0.227. The Bertz CT molecular complexity index is 828. The van der Waals surface area contributed by atoms with E-state index in [1.54, 1.807) is 0 Å². The van der Waals surface area contributed by atoms with Crippen LogP contribution in [0.25, 0.3) is 0 Å². The van der Waals surface area contributed by atoms with Crippen molar-refractivity contribution in [3.63, 3.8) is 0 Å². The zero-order chi connectivity index (χ0) is 23.7. The maximum atomic E-state index is 13.3. The quantitative estimate of drug-likeness (QED) is 0.332. The summed E-state index contributed by atoms with van der Waals surface area (Å²) in [5.41, 5.74) is 1.23. The highest BCUT2D eigenvalue weighted by Crippen LogP contribution is 2.39. The Morgan fingerprint density at radius 3 is 1.94 bits per heavy atom. The van der Waals surface area contributed by atoms with Crippen molar-refractivity contribution in [1.29, 1.82) is 0 Å². The fourth-order valence-electron chi connectivity index (χ4n) is 4.73. The van der Waals surface area contributed by atoms with Crippen molar-refractivity contribution in [3.05, 3.63) is 71.8 Å². The lowest BCUT2D eigenvalue weighted by molar-refractivity contribution is -0.166. The molecular formula is C28H37NO4. The lowest BCUT2D eigenvalue weighted by Crippen LogP contribution is -2.42. The third kappa shape index (κ3) is 8.01. The lowest BCUT2D eigenvalue weighted by atomic mass is 9.88. The molecule has 0 aliphatic heterocycles. The minimum Gasteiger partial charge on any atom is -0.461 e. The summed E-state index contributed by atoms with van der Waals surface area (Å²) in [5, 5.41) is 0. The molecule has 0 spiro atoms. The first-order valence-electron chi connectivity index (χ1n) is 11.9.